The van der Waals surface area contributed by atoms with Gasteiger partial charge in [0.2, 0.25) is 5.91 Å². The van der Waals surface area contributed by atoms with Crippen molar-refractivity contribution in [1.29, 1.82) is 0 Å². The van der Waals surface area contributed by atoms with Crippen LogP contribution < -0.4 is 5.73 Å². The number of phenols is 1. The number of amides is 1. The Hall–Kier alpha value is -1.26. The van der Waals surface area contributed by atoms with E-state index in [4.69, 9.17) is 5.73 Å². The molecule has 2 rings (SSSR count). The van der Waals surface area contributed by atoms with E-state index in [2.05, 4.69) is 0 Å². The second-order valence-electron chi connectivity index (χ2n) is 5.12. The maximum Gasteiger partial charge on any atom is 0.239 e. The van der Waals surface area contributed by atoms with E-state index in [-0.39, 0.29) is 24.1 Å². The number of nitrogens with two attached hydrogens (primary N) is 1. The minimum absolute atomic E-state index is 0. The molecule has 19 heavy (non-hydrogen) atoms. The molecular formula is C14H21ClN2O2. The molecule has 0 radical (unpaired) electrons. The summed E-state index contributed by atoms with van der Waals surface area (Å²) in [5, 5.41) is 9.44. The number of hydrogen-bond donors (Lipinski definition) is 2. The summed E-state index contributed by atoms with van der Waals surface area (Å²) in [5.41, 5.74) is 6.61. The first-order valence-electron chi connectivity index (χ1n) is 6.38. The second kappa shape index (κ2) is 6.78. The zero-order chi connectivity index (χ0) is 13.1. The van der Waals surface area contributed by atoms with Crippen LogP contribution in [0.5, 0.6) is 5.75 Å². The first-order chi connectivity index (χ1) is 8.56. The molecule has 0 heterocycles. The average Bonchev–Trinajstić information content (AvgIpc) is 3.11. The summed E-state index contributed by atoms with van der Waals surface area (Å²) in [6, 6.07) is 6.54. The first-order valence-corrected chi connectivity index (χ1v) is 6.38. The molecule has 5 heteroatoms. The summed E-state index contributed by atoms with van der Waals surface area (Å²) in [7, 11) is 0. The van der Waals surface area contributed by atoms with Crippen molar-refractivity contribution in [2.75, 3.05) is 6.54 Å². The lowest BCUT2D eigenvalue weighted by Crippen LogP contribution is -2.42. The van der Waals surface area contributed by atoms with Gasteiger partial charge in [0.25, 0.3) is 0 Å². The minimum Gasteiger partial charge on any atom is -0.508 e. The highest BCUT2D eigenvalue weighted by atomic mass is 35.5. The van der Waals surface area contributed by atoms with E-state index in [1.54, 1.807) is 30.0 Å². The maximum absolute atomic E-state index is 12.0. The molecular weight excluding hydrogens is 264 g/mol. The second-order valence-corrected chi connectivity index (χ2v) is 5.12. The Morgan fingerprint density at radius 3 is 2.74 bits per heavy atom. The molecule has 1 aliphatic carbocycles. The van der Waals surface area contributed by atoms with Crippen LogP contribution in [0, 0.1) is 5.92 Å². The highest BCUT2D eigenvalue weighted by molar-refractivity contribution is 5.85. The van der Waals surface area contributed by atoms with Crippen molar-refractivity contribution in [3.8, 4) is 5.75 Å². The van der Waals surface area contributed by atoms with Crippen molar-refractivity contribution in [3.63, 3.8) is 0 Å². The molecule has 0 saturated heterocycles. The van der Waals surface area contributed by atoms with Crippen LogP contribution in [0.15, 0.2) is 24.3 Å². The van der Waals surface area contributed by atoms with Crippen molar-refractivity contribution >= 4 is 18.3 Å². The number of carbonyl (C=O) groups excluding carboxylic acids is 1. The number of rotatable bonds is 5. The highest BCUT2D eigenvalue weighted by Gasteiger charge is 2.27. The Balaban J connectivity index is 0.00000180. The number of hydrogen-bond acceptors (Lipinski definition) is 3. The van der Waals surface area contributed by atoms with Crippen molar-refractivity contribution in [2.45, 2.75) is 32.4 Å². The topological polar surface area (TPSA) is 66.6 Å². The van der Waals surface area contributed by atoms with Crippen LogP contribution >= 0.6 is 12.4 Å². The van der Waals surface area contributed by atoms with Gasteiger partial charge in [-0.3, -0.25) is 4.79 Å². The lowest BCUT2D eigenvalue weighted by atomic mass is 10.1. The summed E-state index contributed by atoms with van der Waals surface area (Å²) >= 11 is 0. The predicted molar refractivity (Wildman–Crippen MR) is 77.1 cm³/mol. The minimum atomic E-state index is -0.471. The van der Waals surface area contributed by atoms with Gasteiger partial charge in [-0.25, -0.2) is 0 Å². The van der Waals surface area contributed by atoms with E-state index >= 15 is 0 Å². The van der Waals surface area contributed by atoms with Crippen LogP contribution in [0.2, 0.25) is 0 Å². The zero-order valence-electron chi connectivity index (χ0n) is 11.1. The fraction of sp³-hybridized carbons (Fsp3) is 0.500. The van der Waals surface area contributed by atoms with Gasteiger partial charge in [0.05, 0.1) is 6.04 Å². The number of nitrogens with zero attached hydrogens (tertiary/aromatic N) is 1. The lowest BCUT2D eigenvalue weighted by molar-refractivity contribution is -0.133. The number of aromatic hydroxyl groups is 1. The fourth-order valence-corrected chi connectivity index (χ4v) is 2.01. The zero-order valence-corrected chi connectivity index (χ0v) is 11.9. The normalized spacial score (nSPS) is 15.5. The van der Waals surface area contributed by atoms with Crippen LogP contribution in [-0.2, 0) is 11.3 Å². The Morgan fingerprint density at radius 1 is 1.53 bits per heavy atom. The molecule has 0 aromatic heterocycles. The molecule has 1 aliphatic rings. The smallest absolute Gasteiger partial charge is 0.239 e. The predicted octanol–water partition coefficient (Wildman–Crippen LogP) is 1.90. The number of phenolic OH excluding ortho intramolecular Hbond substituents is 1. The summed E-state index contributed by atoms with van der Waals surface area (Å²) in [6.07, 6.45) is 2.39. The van der Waals surface area contributed by atoms with Crippen molar-refractivity contribution < 1.29 is 9.90 Å². The Bertz CT molecular complexity index is 433. The van der Waals surface area contributed by atoms with E-state index in [9.17, 15) is 9.90 Å². The highest BCUT2D eigenvalue weighted by Crippen LogP contribution is 2.30. The molecule has 1 saturated carbocycles. The van der Waals surface area contributed by atoms with E-state index in [1.807, 2.05) is 6.07 Å². The third-order valence-corrected chi connectivity index (χ3v) is 3.16. The Morgan fingerprint density at radius 2 is 2.21 bits per heavy atom. The quantitative estimate of drug-likeness (QED) is 0.868. The van der Waals surface area contributed by atoms with Crippen LogP contribution in [0.4, 0.5) is 0 Å². The van der Waals surface area contributed by atoms with Crippen molar-refractivity contribution in [3.05, 3.63) is 29.8 Å². The molecule has 0 unspecified atom stereocenters. The van der Waals surface area contributed by atoms with E-state index in [1.165, 1.54) is 12.8 Å². The van der Waals surface area contributed by atoms with Gasteiger partial charge < -0.3 is 15.7 Å². The van der Waals surface area contributed by atoms with Crippen LogP contribution in [0.3, 0.4) is 0 Å². The largest absolute Gasteiger partial charge is 0.508 e. The third-order valence-electron chi connectivity index (χ3n) is 3.16. The van der Waals surface area contributed by atoms with E-state index < -0.39 is 6.04 Å². The number of halogens is 1. The standard InChI is InChI=1S/C14H20N2O2.ClH/c1-10(15)14(18)16(8-11-5-6-11)9-12-3-2-4-13(17)7-12;/h2-4,7,10-11,17H,5-6,8-9,15H2,1H3;1H/t10-;/m0./s1. The molecule has 1 amide bonds. The van der Waals surface area contributed by atoms with Gasteiger partial charge in [-0.15, -0.1) is 12.4 Å². The monoisotopic (exact) mass is 284 g/mol. The van der Waals surface area contributed by atoms with Gasteiger partial charge >= 0.3 is 0 Å². The molecule has 0 spiro atoms. The van der Waals surface area contributed by atoms with Gasteiger partial charge in [0, 0.05) is 13.1 Å². The van der Waals surface area contributed by atoms with Gasteiger partial charge in [-0.1, -0.05) is 12.1 Å². The molecule has 0 aliphatic heterocycles. The Kier molecular flexibility index (Phi) is 5.63. The average molecular weight is 285 g/mol. The van der Waals surface area contributed by atoms with Crippen LogP contribution in [0.25, 0.3) is 0 Å². The molecule has 3 N–H and O–H groups in total. The number of benzene rings is 1. The lowest BCUT2D eigenvalue weighted by Gasteiger charge is -2.24. The summed E-state index contributed by atoms with van der Waals surface area (Å²) in [4.78, 5) is 13.8. The molecule has 1 atom stereocenters. The third kappa shape index (κ3) is 4.73. The van der Waals surface area contributed by atoms with E-state index in [0.29, 0.717) is 12.5 Å². The summed E-state index contributed by atoms with van der Waals surface area (Å²) < 4.78 is 0. The molecule has 106 valence electrons. The van der Waals surface area contributed by atoms with E-state index in [0.717, 1.165) is 12.1 Å². The Labute approximate surface area is 120 Å². The van der Waals surface area contributed by atoms with Crippen LogP contribution in [0.1, 0.15) is 25.3 Å². The van der Waals surface area contributed by atoms with Gasteiger partial charge in [0.1, 0.15) is 5.75 Å². The maximum atomic E-state index is 12.0. The van der Waals surface area contributed by atoms with Crippen molar-refractivity contribution in [2.24, 2.45) is 11.7 Å². The molecule has 4 nitrogen and oxygen atoms in total. The molecule has 1 aromatic carbocycles. The van der Waals surface area contributed by atoms with Crippen LogP contribution in [-0.4, -0.2) is 28.5 Å². The number of carbonyl (C=O) groups is 1. The molecule has 0 bridgehead atoms. The molecule has 1 fully saturated rings. The molecule has 1 aromatic rings. The van der Waals surface area contributed by atoms with Gasteiger partial charge in [-0.05, 0) is 43.4 Å². The SMILES string of the molecule is C[C@H](N)C(=O)N(Cc1cccc(O)c1)CC1CC1.Cl. The van der Waals surface area contributed by atoms with Gasteiger partial charge in [0.15, 0.2) is 0 Å². The summed E-state index contributed by atoms with van der Waals surface area (Å²) in [6.45, 7) is 3.01. The van der Waals surface area contributed by atoms with Gasteiger partial charge in [-0.2, -0.15) is 0 Å². The fourth-order valence-electron chi connectivity index (χ4n) is 2.01. The summed E-state index contributed by atoms with van der Waals surface area (Å²) in [5.74, 6) is 0.836. The van der Waals surface area contributed by atoms with Crippen molar-refractivity contribution in [1.82, 2.24) is 4.90 Å². The first kappa shape index (κ1) is 15.8.